The molecule has 0 aliphatic heterocycles. The van der Waals surface area contributed by atoms with Gasteiger partial charge in [-0.3, -0.25) is 0 Å². The number of aliphatic hydroxyl groups excluding tert-OH is 1. The first-order chi connectivity index (χ1) is 9.24. The van der Waals surface area contributed by atoms with Gasteiger partial charge in [0.15, 0.2) is 0 Å². The van der Waals surface area contributed by atoms with Gasteiger partial charge in [-0.1, -0.05) is 52.9 Å². The first-order valence-electron chi connectivity index (χ1n) is 8.23. The summed E-state index contributed by atoms with van der Waals surface area (Å²) in [7, 11) is 0. The second-order valence-corrected chi connectivity index (χ2v) is 5.42. The first-order valence-corrected chi connectivity index (χ1v) is 8.23. The maximum atomic E-state index is 9.77. The van der Waals surface area contributed by atoms with Crippen LogP contribution in [0.25, 0.3) is 0 Å². The van der Waals surface area contributed by atoms with Crippen LogP contribution >= 0.6 is 0 Å². The van der Waals surface area contributed by atoms with Crippen molar-refractivity contribution in [3.05, 3.63) is 0 Å². The fraction of sp³-hybridized carbons (Fsp3) is 1.00. The second kappa shape index (κ2) is 14.3. The molecular weight excluding hydrogens is 238 g/mol. The van der Waals surface area contributed by atoms with E-state index in [2.05, 4.69) is 26.1 Å². The Morgan fingerprint density at radius 2 is 1.58 bits per heavy atom. The zero-order valence-corrected chi connectivity index (χ0v) is 13.3. The highest BCUT2D eigenvalue weighted by Crippen LogP contribution is 2.05. The molecule has 0 rings (SSSR count). The van der Waals surface area contributed by atoms with Crippen molar-refractivity contribution in [1.82, 2.24) is 5.32 Å². The Hall–Kier alpha value is -0.120. The van der Waals surface area contributed by atoms with Crippen molar-refractivity contribution in [3.8, 4) is 0 Å². The zero-order valence-electron chi connectivity index (χ0n) is 13.3. The van der Waals surface area contributed by atoms with Gasteiger partial charge in [-0.25, -0.2) is 0 Å². The molecule has 3 heteroatoms. The van der Waals surface area contributed by atoms with Crippen LogP contribution in [0.4, 0.5) is 0 Å². The van der Waals surface area contributed by atoms with E-state index in [0.717, 1.165) is 25.9 Å². The Kier molecular flexibility index (Phi) is 14.2. The van der Waals surface area contributed by atoms with Crippen LogP contribution in [0, 0.1) is 0 Å². The quantitative estimate of drug-likeness (QED) is 0.476. The molecule has 116 valence electrons. The average molecular weight is 273 g/mol. The van der Waals surface area contributed by atoms with Crippen LogP contribution in [-0.4, -0.2) is 37.0 Å². The first kappa shape index (κ1) is 18.9. The molecule has 0 saturated heterocycles. The molecule has 2 N–H and O–H groups in total. The maximum absolute atomic E-state index is 9.77. The number of hydrogen-bond acceptors (Lipinski definition) is 3. The van der Waals surface area contributed by atoms with Gasteiger partial charge >= 0.3 is 0 Å². The third-order valence-electron chi connectivity index (χ3n) is 3.58. The van der Waals surface area contributed by atoms with Crippen LogP contribution in [0.1, 0.15) is 72.1 Å². The SMILES string of the molecule is CCCCCCCCOCC(O)CNC(CC)CC. The van der Waals surface area contributed by atoms with Crippen LogP contribution in [0.3, 0.4) is 0 Å². The van der Waals surface area contributed by atoms with Crippen molar-refractivity contribution in [2.75, 3.05) is 19.8 Å². The fourth-order valence-corrected chi connectivity index (χ4v) is 2.14. The summed E-state index contributed by atoms with van der Waals surface area (Å²) in [5, 5.41) is 13.1. The Balaban J connectivity index is 3.26. The van der Waals surface area contributed by atoms with Crippen molar-refractivity contribution in [1.29, 1.82) is 0 Å². The van der Waals surface area contributed by atoms with Crippen molar-refractivity contribution in [2.24, 2.45) is 0 Å². The predicted molar refractivity (Wildman–Crippen MR) is 82.6 cm³/mol. The van der Waals surface area contributed by atoms with Gasteiger partial charge in [0.2, 0.25) is 0 Å². The maximum Gasteiger partial charge on any atom is 0.0897 e. The van der Waals surface area contributed by atoms with E-state index in [1.54, 1.807) is 0 Å². The summed E-state index contributed by atoms with van der Waals surface area (Å²) >= 11 is 0. The van der Waals surface area contributed by atoms with E-state index in [0.29, 0.717) is 19.2 Å². The van der Waals surface area contributed by atoms with Crippen molar-refractivity contribution in [3.63, 3.8) is 0 Å². The number of hydrogen-bond donors (Lipinski definition) is 2. The molecule has 19 heavy (non-hydrogen) atoms. The van der Waals surface area contributed by atoms with Crippen molar-refractivity contribution < 1.29 is 9.84 Å². The molecule has 0 saturated carbocycles. The van der Waals surface area contributed by atoms with E-state index >= 15 is 0 Å². The smallest absolute Gasteiger partial charge is 0.0897 e. The monoisotopic (exact) mass is 273 g/mol. The summed E-state index contributed by atoms with van der Waals surface area (Å²) in [5.41, 5.74) is 0. The van der Waals surface area contributed by atoms with Crippen LogP contribution < -0.4 is 5.32 Å². The number of ether oxygens (including phenoxy) is 1. The summed E-state index contributed by atoms with van der Waals surface area (Å²) in [6.07, 6.45) is 9.53. The lowest BCUT2D eigenvalue weighted by molar-refractivity contribution is 0.0340. The highest BCUT2D eigenvalue weighted by atomic mass is 16.5. The molecule has 0 aromatic rings. The molecule has 1 unspecified atom stereocenters. The predicted octanol–water partition coefficient (Wildman–Crippen LogP) is 3.50. The molecule has 1 atom stereocenters. The number of nitrogens with one attached hydrogen (secondary N) is 1. The van der Waals surface area contributed by atoms with Gasteiger partial charge in [-0.15, -0.1) is 0 Å². The van der Waals surface area contributed by atoms with Crippen molar-refractivity contribution >= 4 is 0 Å². The van der Waals surface area contributed by atoms with E-state index in [1.165, 1.54) is 32.1 Å². The summed E-state index contributed by atoms with van der Waals surface area (Å²) in [5.74, 6) is 0. The molecule has 0 spiro atoms. The van der Waals surface area contributed by atoms with E-state index in [1.807, 2.05) is 0 Å². The molecule has 0 fully saturated rings. The summed E-state index contributed by atoms with van der Waals surface area (Å²) < 4.78 is 5.51. The van der Waals surface area contributed by atoms with Gasteiger partial charge in [0.25, 0.3) is 0 Å². The molecule has 0 aromatic carbocycles. The molecule has 0 radical (unpaired) electrons. The topological polar surface area (TPSA) is 41.5 Å². The standard InChI is InChI=1S/C16H35NO2/c1-4-7-8-9-10-11-12-19-14-16(18)13-17-15(5-2)6-3/h15-18H,4-14H2,1-3H3. The molecule has 3 nitrogen and oxygen atoms in total. The summed E-state index contributed by atoms with van der Waals surface area (Å²) in [6.45, 7) is 8.46. The molecule has 0 heterocycles. The van der Waals surface area contributed by atoms with E-state index in [9.17, 15) is 5.11 Å². The van der Waals surface area contributed by atoms with Crippen molar-refractivity contribution in [2.45, 2.75) is 84.3 Å². The molecular formula is C16H35NO2. The van der Waals surface area contributed by atoms with Gasteiger partial charge in [0, 0.05) is 19.2 Å². The number of aliphatic hydroxyl groups is 1. The zero-order chi connectivity index (χ0) is 14.3. The number of unbranched alkanes of at least 4 members (excludes halogenated alkanes) is 5. The number of rotatable bonds is 14. The van der Waals surface area contributed by atoms with Gasteiger partial charge in [0.05, 0.1) is 12.7 Å². The minimum absolute atomic E-state index is 0.374. The molecule has 0 aliphatic carbocycles. The lowest BCUT2D eigenvalue weighted by atomic mass is 10.1. The second-order valence-electron chi connectivity index (χ2n) is 5.42. The third-order valence-corrected chi connectivity index (χ3v) is 3.58. The van der Waals surface area contributed by atoms with Crippen LogP contribution in [0.15, 0.2) is 0 Å². The van der Waals surface area contributed by atoms with E-state index < -0.39 is 0 Å². The summed E-state index contributed by atoms with van der Waals surface area (Å²) in [6, 6.07) is 0.521. The molecule has 0 amide bonds. The lowest BCUT2D eigenvalue weighted by Gasteiger charge is -2.18. The molecule has 0 aromatic heterocycles. The Bertz CT molecular complexity index is 172. The van der Waals surface area contributed by atoms with Crippen LogP contribution in [-0.2, 0) is 4.74 Å². The van der Waals surface area contributed by atoms with Gasteiger partial charge in [-0.05, 0) is 19.3 Å². The molecule has 0 bridgehead atoms. The third kappa shape index (κ3) is 12.6. The largest absolute Gasteiger partial charge is 0.389 e. The van der Waals surface area contributed by atoms with Crippen LogP contribution in [0.2, 0.25) is 0 Å². The van der Waals surface area contributed by atoms with E-state index in [-0.39, 0.29) is 6.10 Å². The van der Waals surface area contributed by atoms with Gasteiger partial charge in [-0.2, -0.15) is 0 Å². The van der Waals surface area contributed by atoms with E-state index in [4.69, 9.17) is 4.74 Å². The Morgan fingerprint density at radius 1 is 0.947 bits per heavy atom. The highest BCUT2D eigenvalue weighted by molar-refractivity contribution is 4.66. The average Bonchev–Trinajstić information content (AvgIpc) is 2.43. The lowest BCUT2D eigenvalue weighted by Crippen LogP contribution is -2.36. The van der Waals surface area contributed by atoms with Crippen LogP contribution in [0.5, 0.6) is 0 Å². The highest BCUT2D eigenvalue weighted by Gasteiger charge is 2.07. The Labute approximate surface area is 120 Å². The molecule has 0 aliphatic rings. The van der Waals surface area contributed by atoms with Gasteiger partial charge < -0.3 is 15.2 Å². The minimum Gasteiger partial charge on any atom is -0.389 e. The minimum atomic E-state index is -0.374. The normalized spacial score (nSPS) is 13.1. The van der Waals surface area contributed by atoms with Gasteiger partial charge in [0.1, 0.15) is 0 Å². The summed E-state index contributed by atoms with van der Waals surface area (Å²) in [4.78, 5) is 0. The fourth-order valence-electron chi connectivity index (χ4n) is 2.14. The Morgan fingerprint density at radius 3 is 2.21 bits per heavy atom.